The summed E-state index contributed by atoms with van der Waals surface area (Å²) in [7, 11) is 0. The number of carbonyl (C=O) groups excluding carboxylic acids is 1. The van der Waals surface area contributed by atoms with E-state index in [1.165, 1.54) is 35.1 Å². The van der Waals surface area contributed by atoms with Crippen LogP contribution in [0, 0.1) is 0 Å². The number of phenolic OH excluding ortho intramolecular Hbond substituents is 1. The monoisotopic (exact) mass is 518 g/mol. The number of nitrogens with one attached hydrogen (secondary N) is 1. The van der Waals surface area contributed by atoms with E-state index in [-0.39, 0.29) is 42.8 Å². The second kappa shape index (κ2) is 10.9. The van der Waals surface area contributed by atoms with Gasteiger partial charge in [0.2, 0.25) is 5.69 Å². The number of esters is 1. The Hall–Kier alpha value is -4.72. The number of fused-ring (bicyclic) bond motifs is 1. The molecule has 14 heteroatoms. The van der Waals surface area contributed by atoms with Crippen molar-refractivity contribution in [3.8, 4) is 11.5 Å². The lowest BCUT2D eigenvalue weighted by molar-refractivity contribution is -0.456. The highest BCUT2D eigenvalue weighted by molar-refractivity contribution is 5.89. The largest absolute Gasteiger partial charge is 0.504 e. The van der Waals surface area contributed by atoms with Gasteiger partial charge in [-0.05, 0) is 24.1 Å². The molecule has 14 nitrogen and oxygen atoms in total. The quantitative estimate of drug-likeness (QED) is 0.125. The van der Waals surface area contributed by atoms with E-state index in [4.69, 9.17) is 15.6 Å². The fraction of sp³-hybridized carbons (Fsp3) is 0.304. The van der Waals surface area contributed by atoms with Crippen molar-refractivity contribution in [2.75, 3.05) is 0 Å². The SMILES string of the molecule is N[C@@H](CCC(=O)O)C(=O)Oc1cc2c(cc1O)/[N+](=C/C=C1/C=C(C(=O)O)NC(C(=O)O)C1)[C@H](C(=O)O)C2. The number of phenols is 1. The minimum absolute atomic E-state index is 0.0459. The smallest absolute Gasteiger partial charge is 0.373 e. The molecule has 2 heterocycles. The lowest BCUT2D eigenvalue weighted by atomic mass is 10.00. The maximum atomic E-state index is 12.2. The van der Waals surface area contributed by atoms with E-state index in [2.05, 4.69) is 5.32 Å². The summed E-state index contributed by atoms with van der Waals surface area (Å²) in [5.74, 6) is -6.74. The van der Waals surface area contributed by atoms with Crippen LogP contribution in [0.1, 0.15) is 24.8 Å². The molecule has 0 spiro atoms. The first-order valence-electron chi connectivity index (χ1n) is 10.9. The van der Waals surface area contributed by atoms with E-state index in [0.29, 0.717) is 11.1 Å². The highest BCUT2D eigenvalue weighted by Gasteiger charge is 2.41. The standard InChI is InChI=1S/C23H23N3O11/c24-12(1-2-19(28)29)23(36)37-18-8-11-7-16(22(34)35)26(15(11)9-17(18)27)4-3-10-5-13(20(30)31)25-14(6-10)21(32)33/h3-5,8-9,12,14,16H,1-2,6-7,24H2,(H5,27,28,29,30,31,32,33,34,35)/p+1/t12-,14?,16-/m0/s1. The number of nitrogens with two attached hydrogens (primary N) is 1. The summed E-state index contributed by atoms with van der Waals surface area (Å²) in [6, 6.07) is -1.12. The molecule has 0 radical (unpaired) electrons. The highest BCUT2D eigenvalue weighted by atomic mass is 16.5. The first-order valence-corrected chi connectivity index (χ1v) is 10.9. The number of ether oxygens (including phenoxy) is 1. The summed E-state index contributed by atoms with van der Waals surface area (Å²) in [4.78, 5) is 57.5. The van der Waals surface area contributed by atoms with Gasteiger partial charge in [0.05, 0.1) is 12.5 Å². The normalized spacial score (nSPS) is 21.5. The van der Waals surface area contributed by atoms with Crippen LogP contribution in [0.5, 0.6) is 11.5 Å². The maximum absolute atomic E-state index is 12.2. The molecule has 1 aromatic rings. The van der Waals surface area contributed by atoms with Crippen molar-refractivity contribution in [1.29, 1.82) is 0 Å². The Kier molecular flexibility index (Phi) is 7.92. The van der Waals surface area contributed by atoms with Crippen molar-refractivity contribution in [2.24, 2.45) is 5.73 Å². The van der Waals surface area contributed by atoms with Crippen LogP contribution in [0.15, 0.2) is 35.6 Å². The molecule has 37 heavy (non-hydrogen) atoms. The van der Waals surface area contributed by atoms with Crippen LogP contribution in [0.2, 0.25) is 0 Å². The minimum Gasteiger partial charge on any atom is -0.504 e. The van der Waals surface area contributed by atoms with E-state index in [1.54, 1.807) is 0 Å². The first-order chi connectivity index (χ1) is 17.4. The van der Waals surface area contributed by atoms with Crippen LogP contribution >= 0.6 is 0 Å². The summed E-state index contributed by atoms with van der Waals surface area (Å²) in [6.07, 6.45) is 3.30. The lowest BCUT2D eigenvalue weighted by Gasteiger charge is -2.21. The second-order valence-electron chi connectivity index (χ2n) is 8.37. The zero-order valence-electron chi connectivity index (χ0n) is 19.2. The zero-order chi connectivity index (χ0) is 27.4. The average Bonchev–Trinajstić information content (AvgIpc) is 3.18. The number of aromatic hydroxyl groups is 1. The molecule has 0 fully saturated rings. The van der Waals surface area contributed by atoms with Crippen LogP contribution in [0.3, 0.4) is 0 Å². The van der Waals surface area contributed by atoms with Crippen LogP contribution in [0.4, 0.5) is 5.69 Å². The Morgan fingerprint density at radius 1 is 1.11 bits per heavy atom. The Morgan fingerprint density at radius 3 is 2.41 bits per heavy atom. The van der Waals surface area contributed by atoms with E-state index < -0.39 is 53.7 Å². The molecular formula is C23H24N3O11+. The number of carbonyl (C=O) groups is 5. The van der Waals surface area contributed by atoms with Gasteiger partial charge in [0, 0.05) is 24.5 Å². The number of rotatable bonds is 9. The second-order valence-corrected chi connectivity index (χ2v) is 8.37. The molecular weight excluding hydrogens is 494 g/mol. The van der Waals surface area contributed by atoms with Crippen LogP contribution in [-0.2, 0) is 30.4 Å². The van der Waals surface area contributed by atoms with Crippen LogP contribution in [-0.4, -0.2) is 84.3 Å². The van der Waals surface area contributed by atoms with Crippen LogP contribution in [0.25, 0.3) is 0 Å². The van der Waals surface area contributed by atoms with Gasteiger partial charge >= 0.3 is 29.8 Å². The molecule has 2 aliphatic heterocycles. The molecule has 0 amide bonds. The number of carboxylic acid groups (broad SMARTS) is 4. The molecule has 0 bridgehead atoms. The minimum atomic E-state index is -1.36. The summed E-state index contributed by atoms with van der Waals surface area (Å²) in [5.41, 5.74) is 6.27. The van der Waals surface area contributed by atoms with Gasteiger partial charge in [-0.15, -0.1) is 0 Å². The van der Waals surface area contributed by atoms with Crippen molar-refractivity contribution < 1.29 is 58.8 Å². The molecule has 1 aromatic carbocycles. The molecule has 8 N–H and O–H groups in total. The van der Waals surface area contributed by atoms with Gasteiger partial charge in [-0.1, -0.05) is 0 Å². The van der Waals surface area contributed by atoms with Gasteiger partial charge in [0.15, 0.2) is 17.7 Å². The van der Waals surface area contributed by atoms with Gasteiger partial charge in [-0.2, -0.15) is 4.58 Å². The third-order valence-corrected chi connectivity index (χ3v) is 5.73. The fourth-order valence-corrected chi connectivity index (χ4v) is 3.86. The molecule has 0 saturated carbocycles. The van der Waals surface area contributed by atoms with Crippen LogP contribution < -0.4 is 15.8 Å². The zero-order valence-corrected chi connectivity index (χ0v) is 19.2. The lowest BCUT2D eigenvalue weighted by Crippen LogP contribution is -2.41. The van der Waals surface area contributed by atoms with Gasteiger partial charge in [-0.25, -0.2) is 19.2 Å². The number of hydrogen-bond donors (Lipinski definition) is 7. The Bertz CT molecular complexity index is 1260. The number of hydrogen-bond acceptors (Lipinski definition) is 9. The van der Waals surface area contributed by atoms with E-state index >= 15 is 0 Å². The van der Waals surface area contributed by atoms with Gasteiger partial charge in [-0.3, -0.25) is 4.79 Å². The highest BCUT2D eigenvalue weighted by Crippen LogP contribution is 2.39. The molecule has 0 aliphatic carbocycles. The third kappa shape index (κ3) is 6.29. The van der Waals surface area contributed by atoms with Gasteiger partial charge in [0.1, 0.15) is 17.8 Å². The topological polar surface area (TPSA) is 237 Å². The predicted molar refractivity (Wildman–Crippen MR) is 123 cm³/mol. The van der Waals surface area contributed by atoms with E-state index in [9.17, 15) is 44.4 Å². The van der Waals surface area contributed by atoms with Crippen molar-refractivity contribution in [3.05, 3.63) is 41.1 Å². The van der Waals surface area contributed by atoms with Crippen molar-refractivity contribution in [3.63, 3.8) is 0 Å². The van der Waals surface area contributed by atoms with E-state index in [0.717, 1.165) is 0 Å². The number of allylic oxidation sites excluding steroid dienone is 2. The molecule has 196 valence electrons. The number of benzene rings is 1. The Morgan fingerprint density at radius 2 is 1.81 bits per heavy atom. The van der Waals surface area contributed by atoms with Crippen molar-refractivity contribution in [1.82, 2.24) is 5.32 Å². The van der Waals surface area contributed by atoms with Gasteiger partial charge < -0.3 is 41.3 Å². The summed E-state index contributed by atoms with van der Waals surface area (Å²) >= 11 is 0. The molecule has 3 atom stereocenters. The summed E-state index contributed by atoms with van der Waals surface area (Å²) in [5, 5.41) is 49.7. The maximum Gasteiger partial charge on any atom is 0.373 e. The third-order valence-electron chi connectivity index (χ3n) is 5.73. The van der Waals surface area contributed by atoms with Crippen molar-refractivity contribution in [2.45, 2.75) is 43.8 Å². The first kappa shape index (κ1) is 26.9. The Balaban J connectivity index is 1.93. The molecule has 0 saturated heterocycles. The molecule has 1 unspecified atom stereocenters. The number of aliphatic carboxylic acids is 4. The molecule has 2 aliphatic rings. The molecule has 0 aromatic heterocycles. The molecule has 3 rings (SSSR count). The number of carboxylic acids is 4. The summed E-state index contributed by atoms with van der Waals surface area (Å²) in [6.45, 7) is 0. The Labute approximate surface area is 208 Å². The summed E-state index contributed by atoms with van der Waals surface area (Å²) < 4.78 is 6.40. The fourth-order valence-electron chi connectivity index (χ4n) is 3.86. The predicted octanol–water partition coefficient (Wildman–Crippen LogP) is -0.445. The van der Waals surface area contributed by atoms with E-state index in [1.807, 2.05) is 0 Å². The average molecular weight is 518 g/mol. The van der Waals surface area contributed by atoms with Crippen molar-refractivity contribution >= 4 is 41.7 Å². The number of nitrogens with zero attached hydrogens (tertiary/aromatic N) is 1. The van der Waals surface area contributed by atoms with Gasteiger partial charge in [0.25, 0.3) is 6.04 Å².